The molecule has 1 aliphatic rings. The number of nitrogens with zero attached hydrogens (tertiary/aromatic N) is 2. The lowest BCUT2D eigenvalue weighted by Crippen LogP contribution is -2.42. The highest BCUT2D eigenvalue weighted by atomic mass is 32.2. The van der Waals surface area contributed by atoms with Crippen molar-refractivity contribution in [3.8, 4) is 0 Å². The van der Waals surface area contributed by atoms with Crippen LogP contribution in [0.25, 0.3) is 11.0 Å². The normalized spacial score (nSPS) is 20.6. The number of amides is 1. The van der Waals surface area contributed by atoms with Gasteiger partial charge in [-0.3, -0.25) is 10.1 Å². The Balaban J connectivity index is 1.50. The summed E-state index contributed by atoms with van der Waals surface area (Å²) < 4.78 is 27.5. The summed E-state index contributed by atoms with van der Waals surface area (Å²) in [6, 6.07) is 13.5. The first-order valence-corrected chi connectivity index (χ1v) is 11.1. The van der Waals surface area contributed by atoms with Crippen LogP contribution in [0.5, 0.6) is 0 Å². The summed E-state index contributed by atoms with van der Waals surface area (Å²) in [5, 5.41) is 2.72. The number of aromatic amines is 1. The number of nitrogens with one attached hydrogen (secondary N) is 2. The molecule has 1 aromatic heterocycles. The van der Waals surface area contributed by atoms with Gasteiger partial charge in [-0.1, -0.05) is 26.0 Å². The molecule has 0 aliphatic carbocycles. The minimum atomic E-state index is -3.56. The van der Waals surface area contributed by atoms with E-state index in [1.54, 1.807) is 4.31 Å². The molecule has 152 valence electrons. The molecule has 8 heteroatoms. The Kier molecular flexibility index (Phi) is 5.14. The van der Waals surface area contributed by atoms with Gasteiger partial charge in [0.1, 0.15) is 0 Å². The van der Waals surface area contributed by atoms with Crippen LogP contribution < -0.4 is 5.32 Å². The molecule has 0 saturated carbocycles. The minimum Gasteiger partial charge on any atom is -0.324 e. The second-order valence-electron chi connectivity index (χ2n) is 7.85. The summed E-state index contributed by atoms with van der Waals surface area (Å²) in [6.07, 6.45) is 1.03. The highest BCUT2D eigenvalue weighted by molar-refractivity contribution is 7.89. The molecule has 29 heavy (non-hydrogen) atoms. The summed E-state index contributed by atoms with van der Waals surface area (Å²) in [6.45, 7) is 5.20. The highest BCUT2D eigenvalue weighted by Crippen LogP contribution is 2.27. The smallest absolute Gasteiger partial charge is 0.257 e. The number of H-pyrrole nitrogens is 1. The number of hydrogen-bond donors (Lipinski definition) is 2. The molecular weight excluding hydrogens is 388 g/mol. The first kappa shape index (κ1) is 19.6. The number of carbonyl (C=O) groups is 1. The molecule has 7 nitrogen and oxygen atoms in total. The summed E-state index contributed by atoms with van der Waals surface area (Å²) in [4.78, 5) is 20.1. The Morgan fingerprint density at radius 2 is 1.72 bits per heavy atom. The zero-order chi connectivity index (χ0) is 20.6. The number of piperidine rings is 1. The lowest BCUT2D eigenvalue weighted by atomic mass is 9.94. The van der Waals surface area contributed by atoms with E-state index in [2.05, 4.69) is 29.1 Å². The van der Waals surface area contributed by atoms with E-state index in [1.807, 2.05) is 24.3 Å². The zero-order valence-electron chi connectivity index (χ0n) is 16.4. The van der Waals surface area contributed by atoms with Gasteiger partial charge in [0.25, 0.3) is 5.91 Å². The van der Waals surface area contributed by atoms with Gasteiger partial charge in [-0.2, -0.15) is 4.31 Å². The summed E-state index contributed by atoms with van der Waals surface area (Å²) in [7, 11) is -3.56. The second kappa shape index (κ2) is 7.61. The maximum Gasteiger partial charge on any atom is 0.257 e. The third-order valence-corrected chi connectivity index (χ3v) is 7.06. The van der Waals surface area contributed by atoms with E-state index in [1.165, 1.54) is 24.3 Å². The molecule has 2 aromatic carbocycles. The van der Waals surface area contributed by atoms with E-state index < -0.39 is 10.0 Å². The molecule has 0 spiro atoms. The van der Waals surface area contributed by atoms with E-state index >= 15 is 0 Å². The van der Waals surface area contributed by atoms with Crippen LogP contribution in [-0.2, 0) is 10.0 Å². The van der Waals surface area contributed by atoms with Crippen LogP contribution in [0.3, 0.4) is 0 Å². The van der Waals surface area contributed by atoms with Crippen molar-refractivity contribution in [3.05, 3.63) is 54.1 Å². The average Bonchev–Trinajstić information content (AvgIpc) is 3.09. The average molecular weight is 413 g/mol. The molecule has 1 aliphatic heterocycles. The van der Waals surface area contributed by atoms with Crippen LogP contribution >= 0.6 is 0 Å². The molecular formula is C21H24N4O3S. The predicted octanol–water partition coefficient (Wildman–Crippen LogP) is 3.48. The third kappa shape index (κ3) is 4.04. The van der Waals surface area contributed by atoms with Crippen molar-refractivity contribution in [1.29, 1.82) is 0 Å². The largest absolute Gasteiger partial charge is 0.324 e. The van der Waals surface area contributed by atoms with Gasteiger partial charge in [0.2, 0.25) is 16.0 Å². The number of aromatic nitrogens is 2. The molecule has 2 N–H and O–H groups in total. The molecule has 3 aromatic rings. The van der Waals surface area contributed by atoms with Gasteiger partial charge in [0, 0.05) is 18.7 Å². The second-order valence-corrected chi connectivity index (χ2v) is 9.79. The van der Waals surface area contributed by atoms with Gasteiger partial charge >= 0.3 is 0 Å². The van der Waals surface area contributed by atoms with Gasteiger partial charge in [-0.15, -0.1) is 0 Å². The fraction of sp³-hybridized carbons (Fsp3) is 0.333. The number of benzene rings is 2. The number of fused-ring (bicyclic) bond motifs is 1. The first-order chi connectivity index (χ1) is 13.8. The Morgan fingerprint density at radius 3 is 2.38 bits per heavy atom. The maximum atomic E-state index is 13.0. The SMILES string of the molecule is C[C@@H]1C[C@@H](C)CN(S(=O)(=O)c2ccc(C(=O)Nc3nc4ccccc4[nH]3)cc2)C1. The molecule has 1 saturated heterocycles. The number of anilines is 1. The van der Waals surface area contributed by atoms with Gasteiger partial charge < -0.3 is 4.98 Å². The summed E-state index contributed by atoms with van der Waals surface area (Å²) in [5.41, 5.74) is 1.95. The Labute approximate surface area is 170 Å². The highest BCUT2D eigenvalue weighted by Gasteiger charge is 2.31. The van der Waals surface area contributed by atoms with E-state index in [0.717, 1.165) is 17.5 Å². The Bertz CT molecular complexity index is 1100. The fourth-order valence-electron chi connectivity index (χ4n) is 3.92. The number of sulfonamides is 1. The lowest BCUT2D eigenvalue weighted by Gasteiger charge is -2.34. The number of carbonyl (C=O) groups excluding carboxylic acids is 1. The van der Waals surface area contributed by atoms with Crippen LogP contribution in [0.4, 0.5) is 5.95 Å². The molecule has 0 unspecified atom stereocenters. The van der Waals surface area contributed by atoms with Crippen molar-refractivity contribution in [2.45, 2.75) is 25.2 Å². The lowest BCUT2D eigenvalue weighted by molar-refractivity contribution is 0.102. The quantitative estimate of drug-likeness (QED) is 0.686. The molecule has 4 rings (SSSR count). The molecule has 2 heterocycles. The van der Waals surface area contributed by atoms with Gasteiger partial charge in [0.05, 0.1) is 15.9 Å². The molecule has 1 fully saturated rings. The number of para-hydroxylation sites is 2. The van der Waals surface area contributed by atoms with Crippen LogP contribution in [0.1, 0.15) is 30.6 Å². The van der Waals surface area contributed by atoms with Gasteiger partial charge in [-0.25, -0.2) is 13.4 Å². The molecule has 2 atom stereocenters. The number of rotatable bonds is 4. The van der Waals surface area contributed by atoms with Crippen molar-refractivity contribution in [3.63, 3.8) is 0 Å². The topological polar surface area (TPSA) is 95.2 Å². The van der Waals surface area contributed by atoms with Crippen LogP contribution in [0.2, 0.25) is 0 Å². The van der Waals surface area contributed by atoms with Crippen LogP contribution in [0.15, 0.2) is 53.4 Å². The van der Waals surface area contributed by atoms with Crippen LogP contribution in [0, 0.1) is 11.8 Å². The predicted molar refractivity (Wildman–Crippen MR) is 112 cm³/mol. The Hall–Kier alpha value is -2.71. The van der Waals surface area contributed by atoms with E-state index in [0.29, 0.717) is 36.4 Å². The van der Waals surface area contributed by atoms with Crippen molar-refractivity contribution < 1.29 is 13.2 Å². The summed E-state index contributed by atoms with van der Waals surface area (Å²) >= 11 is 0. The minimum absolute atomic E-state index is 0.207. The molecule has 1 amide bonds. The molecule has 0 radical (unpaired) electrons. The van der Waals surface area contributed by atoms with Gasteiger partial charge in [0.15, 0.2) is 0 Å². The van der Waals surface area contributed by atoms with E-state index in [4.69, 9.17) is 0 Å². The van der Waals surface area contributed by atoms with Crippen molar-refractivity contribution in [1.82, 2.24) is 14.3 Å². The fourth-order valence-corrected chi connectivity index (χ4v) is 5.60. The Morgan fingerprint density at radius 1 is 1.07 bits per heavy atom. The monoisotopic (exact) mass is 412 g/mol. The van der Waals surface area contributed by atoms with Gasteiger partial charge in [-0.05, 0) is 54.7 Å². The number of hydrogen-bond acceptors (Lipinski definition) is 4. The van der Waals surface area contributed by atoms with E-state index in [9.17, 15) is 13.2 Å². The van der Waals surface area contributed by atoms with Crippen molar-refractivity contribution in [2.24, 2.45) is 11.8 Å². The third-order valence-electron chi connectivity index (χ3n) is 5.21. The van der Waals surface area contributed by atoms with E-state index in [-0.39, 0.29) is 10.8 Å². The first-order valence-electron chi connectivity index (χ1n) is 9.69. The maximum absolute atomic E-state index is 13.0. The van der Waals surface area contributed by atoms with Crippen LogP contribution in [-0.4, -0.2) is 41.7 Å². The standard InChI is InChI=1S/C21H24N4O3S/c1-14-11-15(2)13-25(12-14)29(27,28)17-9-7-16(8-10-17)20(26)24-21-22-18-5-3-4-6-19(18)23-21/h3-10,14-15H,11-13H2,1-2H3,(H2,22,23,24,26)/t14-,15-/m1/s1. The zero-order valence-corrected chi connectivity index (χ0v) is 17.2. The van der Waals surface area contributed by atoms with Crippen molar-refractivity contribution in [2.75, 3.05) is 18.4 Å². The van der Waals surface area contributed by atoms with Crippen molar-refractivity contribution >= 4 is 32.9 Å². The molecule has 0 bridgehead atoms. The number of imidazole rings is 1. The summed E-state index contributed by atoms with van der Waals surface area (Å²) in [5.74, 6) is 0.669.